The van der Waals surface area contributed by atoms with Crippen LogP contribution in [0.25, 0.3) is 0 Å². The van der Waals surface area contributed by atoms with Crippen molar-refractivity contribution in [2.45, 2.75) is 16.6 Å². The zero-order chi connectivity index (χ0) is 14.7. The molecule has 0 unspecified atom stereocenters. The summed E-state index contributed by atoms with van der Waals surface area (Å²) in [7, 11) is 0. The molecule has 0 bridgehead atoms. The number of hydrogen-bond donors (Lipinski definition) is 1. The lowest BCUT2D eigenvalue weighted by Crippen LogP contribution is -2.19. The van der Waals surface area contributed by atoms with Crippen molar-refractivity contribution in [1.82, 2.24) is 0 Å². The van der Waals surface area contributed by atoms with Crippen LogP contribution in [0.4, 0.5) is 0 Å². The molecule has 0 saturated heterocycles. The highest BCUT2D eigenvalue weighted by atomic mass is 79.9. The van der Waals surface area contributed by atoms with E-state index in [-0.39, 0.29) is 16.4 Å². The van der Waals surface area contributed by atoms with Gasteiger partial charge in [0.2, 0.25) is 0 Å². The first-order chi connectivity index (χ1) is 9.50. The van der Waals surface area contributed by atoms with Gasteiger partial charge in [0.25, 0.3) is 0 Å². The molecule has 0 aliphatic carbocycles. The number of phenols is 1. The Morgan fingerprint density at radius 3 is 2.40 bits per heavy atom. The normalized spacial score (nSPS) is 13.8. The minimum Gasteiger partial charge on any atom is -0.507 e. The van der Waals surface area contributed by atoms with Crippen LogP contribution in [0.1, 0.15) is 26.3 Å². The van der Waals surface area contributed by atoms with Crippen LogP contribution in [-0.4, -0.2) is 15.7 Å². The maximum atomic E-state index is 12.5. The van der Waals surface area contributed by atoms with Crippen LogP contribution >= 0.6 is 31.9 Å². The van der Waals surface area contributed by atoms with Crippen molar-refractivity contribution in [3.63, 3.8) is 0 Å². The number of aromatic hydroxyl groups is 1. The van der Waals surface area contributed by atoms with Crippen molar-refractivity contribution < 1.29 is 9.90 Å². The van der Waals surface area contributed by atoms with Gasteiger partial charge in [-0.05, 0) is 24.6 Å². The van der Waals surface area contributed by atoms with Crippen molar-refractivity contribution in [2.75, 3.05) is 0 Å². The first-order valence-corrected chi connectivity index (χ1v) is 8.00. The standard InChI is InChI=1S/C16H14Br2O2/c1-10-7-8-13(19)12(9-10)16(20)15(18)14(17)11-5-3-2-4-6-11/h2-9,14-15,19H,1H3/t14-,15-/m0/s1. The number of aryl methyl sites for hydroxylation is 1. The number of carbonyl (C=O) groups is 1. The van der Waals surface area contributed by atoms with Gasteiger partial charge in [0.05, 0.1) is 15.2 Å². The molecule has 2 atom stereocenters. The lowest BCUT2D eigenvalue weighted by Gasteiger charge is -2.17. The third-order valence-corrected chi connectivity index (χ3v) is 5.75. The van der Waals surface area contributed by atoms with E-state index in [1.165, 1.54) is 0 Å². The molecule has 4 heteroatoms. The molecular formula is C16H14Br2O2. The molecule has 2 rings (SSSR count). The predicted octanol–water partition coefficient (Wildman–Crippen LogP) is 4.78. The third kappa shape index (κ3) is 3.30. The number of benzene rings is 2. The Labute approximate surface area is 135 Å². The summed E-state index contributed by atoms with van der Waals surface area (Å²) in [5.74, 6) is -0.130. The first kappa shape index (κ1) is 15.3. The van der Waals surface area contributed by atoms with Gasteiger partial charge < -0.3 is 5.11 Å². The van der Waals surface area contributed by atoms with E-state index in [2.05, 4.69) is 31.9 Å². The monoisotopic (exact) mass is 396 g/mol. The summed E-state index contributed by atoms with van der Waals surface area (Å²) in [6.07, 6.45) is 0. The van der Waals surface area contributed by atoms with Crippen LogP contribution in [0.15, 0.2) is 48.5 Å². The molecule has 2 aromatic rings. The lowest BCUT2D eigenvalue weighted by molar-refractivity contribution is 0.0988. The largest absolute Gasteiger partial charge is 0.507 e. The van der Waals surface area contributed by atoms with E-state index in [4.69, 9.17) is 0 Å². The molecule has 0 aliphatic rings. The minimum absolute atomic E-state index is 0.0119. The molecule has 1 N–H and O–H groups in total. The summed E-state index contributed by atoms with van der Waals surface area (Å²) in [5, 5.41) is 9.85. The van der Waals surface area contributed by atoms with Crippen LogP contribution in [-0.2, 0) is 0 Å². The molecule has 0 aliphatic heterocycles. The number of Topliss-reactive ketones (excluding diaryl/α,β-unsaturated/α-hetero) is 1. The van der Waals surface area contributed by atoms with Crippen molar-refractivity contribution in [3.8, 4) is 5.75 Å². The molecule has 0 amide bonds. The Hall–Kier alpha value is -1.13. The first-order valence-electron chi connectivity index (χ1n) is 6.17. The van der Waals surface area contributed by atoms with Crippen LogP contribution in [0.3, 0.4) is 0 Å². The molecule has 0 spiro atoms. The molecule has 2 aromatic carbocycles. The lowest BCUT2D eigenvalue weighted by atomic mass is 10.0. The summed E-state index contributed by atoms with van der Waals surface area (Å²) in [6.45, 7) is 1.89. The Kier molecular flexibility index (Phi) is 5.00. The SMILES string of the molecule is Cc1ccc(O)c(C(=O)[C@@H](Br)[C@@H](Br)c2ccccc2)c1. The number of phenolic OH excluding ortho intramolecular Hbond substituents is 1. The van der Waals surface area contributed by atoms with E-state index in [0.717, 1.165) is 11.1 Å². The number of alkyl halides is 2. The molecule has 2 nitrogen and oxygen atoms in total. The Balaban J connectivity index is 2.27. The van der Waals surface area contributed by atoms with Crippen LogP contribution < -0.4 is 0 Å². The fourth-order valence-corrected chi connectivity index (χ4v) is 3.03. The number of rotatable bonds is 4. The van der Waals surface area contributed by atoms with Crippen LogP contribution in [0, 0.1) is 6.92 Å². The van der Waals surface area contributed by atoms with Gasteiger partial charge in [-0.15, -0.1) is 0 Å². The average Bonchev–Trinajstić information content (AvgIpc) is 2.48. The van der Waals surface area contributed by atoms with Gasteiger partial charge in [-0.1, -0.05) is 73.8 Å². The molecular weight excluding hydrogens is 384 g/mol. The predicted molar refractivity (Wildman–Crippen MR) is 88.0 cm³/mol. The number of halogens is 2. The third-order valence-electron chi connectivity index (χ3n) is 3.04. The minimum atomic E-state index is -0.447. The van der Waals surface area contributed by atoms with Gasteiger partial charge in [-0.3, -0.25) is 4.79 Å². The number of carbonyl (C=O) groups excluding carboxylic acids is 1. The second kappa shape index (κ2) is 6.55. The molecule has 20 heavy (non-hydrogen) atoms. The Morgan fingerprint density at radius 2 is 1.75 bits per heavy atom. The second-order valence-corrected chi connectivity index (χ2v) is 6.57. The van der Waals surface area contributed by atoms with Crippen LogP contribution in [0.5, 0.6) is 5.75 Å². The Bertz CT molecular complexity index is 611. The van der Waals surface area contributed by atoms with Crippen LogP contribution in [0.2, 0.25) is 0 Å². The zero-order valence-corrected chi connectivity index (χ0v) is 14.1. The molecule has 0 aromatic heterocycles. The van der Waals surface area contributed by atoms with Crippen molar-refractivity contribution in [3.05, 3.63) is 65.2 Å². The highest BCUT2D eigenvalue weighted by Crippen LogP contribution is 2.34. The van der Waals surface area contributed by atoms with E-state index >= 15 is 0 Å². The number of hydrogen-bond acceptors (Lipinski definition) is 2. The molecule has 0 saturated carbocycles. The highest BCUT2D eigenvalue weighted by molar-refractivity contribution is 9.12. The van der Waals surface area contributed by atoms with Gasteiger partial charge in [-0.25, -0.2) is 0 Å². The van der Waals surface area contributed by atoms with Gasteiger partial charge in [0, 0.05) is 0 Å². The van der Waals surface area contributed by atoms with Gasteiger partial charge in [-0.2, -0.15) is 0 Å². The summed E-state index contributed by atoms with van der Waals surface area (Å²) >= 11 is 6.98. The van der Waals surface area contributed by atoms with Gasteiger partial charge in [0.1, 0.15) is 5.75 Å². The quantitative estimate of drug-likeness (QED) is 0.595. The van der Waals surface area contributed by atoms with E-state index in [1.807, 2.05) is 37.3 Å². The molecule has 0 heterocycles. The van der Waals surface area contributed by atoms with E-state index in [9.17, 15) is 9.90 Å². The fraction of sp³-hybridized carbons (Fsp3) is 0.188. The van der Waals surface area contributed by atoms with Crippen molar-refractivity contribution >= 4 is 37.6 Å². The van der Waals surface area contributed by atoms with E-state index < -0.39 is 4.83 Å². The second-order valence-electron chi connectivity index (χ2n) is 4.60. The topological polar surface area (TPSA) is 37.3 Å². The Morgan fingerprint density at radius 1 is 1.10 bits per heavy atom. The summed E-state index contributed by atoms with van der Waals surface area (Å²) in [5.41, 5.74) is 2.29. The molecule has 0 fully saturated rings. The summed E-state index contributed by atoms with van der Waals surface area (Å²) < 4.78 is 0. The summed E-state index contributed by atoms with van der Waals surface area (Å²) in [6, 6.07) is 14.7. The maximum Gasteiger partial charge on any atom is 0.181 e. The number of ketones is 1. The fourth-order valence-electron chi connectivity index (χ4n) is 1.93. The average molecular weight is 398 g/mol. The van der Waals surface area contributed by atoms with Crippen molar-refractivity contribution in [1.29, 1.82) is 0 Å². The zero-order valence-electron chi connectivity index (χ0n) is 10.9. The van der Waals surface area contributed by atoms with Gasteiger partial charge >= 0.3 is 0 Å². The van der Waals surface area contributed by atoms with E-state index in [0.29, 0.717) is 5.56 Å². The molecule has 0 radical (unpaired) electrons. The van der Waals surface area contributed by atoms with Gasteiger partial charge in [0.15, 0.2) is 5.78 Å². The van der Waals surface area contributed by atoms with Crippen molar-refractivity contribution in [2.24, 2.45) is 0 Å². The highest BCUT2D eigenvalue weighted by Gasteiger charge is 2.27. The smallest absolute Gasteiger partial charge is 0.181 e. The summed E-state index contributed by atoms with van der Waals surface area (Å²) in [4.78, 5) is 11.9. The van der Waals surface area contributed by atoms with E-state index in [1.54, 1.807) is 18.2 Å². The molecule has 104 valence electrons. The maximum absolute atomic E-state index is 12.5.